The molecule has 0 bridgehead atoms. The largest absolute Gasteiger partial charge is 0.396 e. The van der Waals surface area contributed by atoms with Crippen LogP contribution in [-0.2, 0) is 6.42 Å². The van der Waals surface area contributed by atoms with Gasteiger partial charge >= 0.3 is 0 Å². The summed E-state index contributed by atoms with van der Waals surface area (Å²) < 4.78 is 0. The number of hydrogen-bond donors (Lipinski definition) is 3. The minimum Gasteiger partial charge on any atom is -0.396 e. The third-order valence-electron chi connectivity index (χ3n) is 2.80. The lowest BCUT2D eigenvalue weighted by Crippen LogP contribution is -2.14. The molecule has 2 rings (SSSR count). The molecule has 0 aliphatic heterocycles. The van der Waals surface area contributed by atoms with Crippen molar-refractivity contribution in [3.63, 3.8) is 0 Å². The molecule has 5 heteroatoms. The van der Waals surface area contributed by atoms with Gasteiger partial charge in [0.2, 0.25) is 0 Å². The Morgan fingerprint density at radius 1 is 1.21 bits per heavy atom. The smallest absolute Gasteiger partial charge is 0.267 e. The van der Waals surface area contributed by atoms with Crippen LogP contribution in [0, 0.1) is 0 Å². The number of aryl methyl sites for hydroxylation is 1. The summed E-state index contributed by atoms with van der Waals surface area (Å²) in [6, 6.07) is 11.0. The molecular formula is C14H16N4O. The third kappa shape index (κ3) is 3.01. The van der Waals surface area contributed by atoms with Gasteiger partial charge in [0.1, 0.15) is 5.69 Å². The predicted molar refractivity (Wildman–Crippen MR) is 76.3 cm³/mol. The second-order valence-electron chi connectivity index (χ2n) is 4.17. The first-order valence-electron chi connectivity index (χ1n) is 6.02. The molecule has 0 saturated carbocycles. The monoisotopic (exact) mass is 256 g/mol. The normalized spacial score (nSPS) is 10.2. The van der Waals surface area contributed by atoms with E-state index in [1.165, 1.54) is 11.6 Å². The van der Waals surface area contributed by atoms with Crippen molar-refractivity contribution in [2.75, 3.05) is 11.1 Å². The van der Waals surface area contributed by atoms with Gasteiger partial charge in [-0.05, 0) is 36.2 Å². The van der Waals surface area contributed by atoms with Gasteiger partial charge in [-0.1, -0.05) is 19.1 Å². The molecule has 1 aromatic heterocycles. The van der Waals surface area contributed by atoms with Gasteiger partial charge in [0.25, 0.3) is 5.91 Å². The highest BCUT2D eigenvalue weighted by molar-refractivity contribution is 5.92. The van der Waals surface area contributed by atoms with Crippen LogP contribution in [0.3, 0.4) is 0 Å². The number of nitrogens with one attached hydrogen (secondary N) is 1. The summed E-state index contributed by atoms with van der Waals surface area (Å²) in [5, 5.41) is 3.07. The van der Waals surface area contributed by atoms with Crippen molar-refractivity contribution in [2.45, 2.75) is 13.3 Å². The number of primary amides is 1. The number of aromatic nitrogens is 1. The summed E-state index contributed by atoms with van der Waals surface area (Å²) in [6.07, 6.45) is 0.984. The molecule has 0 aliphatic rings. The second-order valence-corrected chi connectivity index (χ2v) is 4.17. The van der Waals surface area contributed by atoms with E-state index in [2.05, 4.69) is 17.2 Å². The molecule has 0 saturated heterocycles. The van der Waals surface area contributed by atoms with Crippen LogP contribution >= 0.6 is 0 Å². The van der Waals surface area contributed by atoms with Crippen molar-refractivity contribution >= 4 is 23.1 Å². The number of nitrogen functional groups attached to an aromatic ring is 1. The van der Waals surface area contributed by atoms with Crippen LogP contribution in [0.1, 0.15) is 23.0 Å². The zero-order valence-electron chi connectivity index (χ0n) is 10.7. The fraction of sp³-hybridized carbons (Fsp3) is 0.143. The van der Waals surface area contributed by atoms with E-state index in [9.17, 15) is 4.79 Å². The molecule has 1 aromatic carbocycles. The molecule has 0 spiro atoms. The highest BCUT2D eigenvalue weighted by Crippen LogP contribution is 2.21. The lowest BCUT2D eigenvalue weighted by Gasteiger charge is -2.09. The Morgan fingerprint density at radius 3 is 2.47 bits per heavy atom. The van der Waals surface area contributed by atoms with Crippen LogP contribution in [0.25, 0.3) is 0 Å². The zero-order valence-corrected chi connectivity index (χ0v) is 10.7. The van der Waals surface area contributed by atoms with E-state index in [1.54, 1.807) is 6.07 Å². The van der Waals surface area contributed by atoms with E-state index in [1.807, 2.05) is 24.3 Å². The Balaban J connectivity index is 2.26. The maximum atomic E-state index is 11.1. The van der Waals surface area contributed by atoms with Gasteiger partial charge < -0.3 is 16.8 Å². The Bertz CT molecular complexity index is 593. The van der Waals surface area contributed by atoms with Gasteiger partial charge in [0.15, 0.2) is 5.82 Å². The standard InChI is InChI=1S/C14H16N4O/c1-2-9-3-5-10(6-4-9)17-14-11(15)7-8-12(18-14)13(16)19/h3-8H,2,15H2,1H3,(H2,16,19)(H,17,18). The highest BCUT2D eigenvalue weighted by Gasteiger charge is 2.07. The molecule has 98 valence electrons. The molecule has 1 heterocycles. The fourth-order valence-electron chi connectivity index (χ4n) is 1.67. The molecule has 5 nitrogen and oxygen atoms in total. The van der Waals surface area contributed by atoms with Gasteiger partial charge in [0.05, 0.1) is 5.69 Å². The number of anilines is 3. The van der Waals surface area contributed by atoms with Crippen molar-refractivity contribution in [3.05, 3.63) is 47.7 Å². The van der Waals surface area contributed by atoms with Gasteiger partial charge in [-0.3, -0.25) is 4.79 Å². The number of nitrogens with two attached hydrogens (primary N) is 2. The Morgan fingerprint density at radius 2 is 1.89 bits per heavy atom. The van der Waals surface area contributed by atoms with Crippen LogP contribution < -0.4 is 16.8 Å². The molecule has 0 radical (unpaired) electrons. The van der Waals surface area contributed by atoms with Gasteiger partial charge in [-0.15, -0.1) is 0 Å². The Hall–Kier alpha value is -2.56. The van der Waals surface area contributed by atoms with Crippen LogP contribution in [0.15, 0.2) is 36.4 Å². The van der Waals surface area contributed by atoms with Crippen molar-refractivity contribution < 1.29 is 4.79 Å². The summed E-state index contributed by atoms with van der Waals surface area (Å²) >= 11 is 0. The number of pyridine rings is 1. The second kappa shape index (κ2) is 5.39. The van der Waals surface area contributed by atoms with Gasteiger partial charge in [0, 0.05) is 5.69 Å². The van der Waals surface area contributed by atoms with E-state index in [0.29, 0.717) is 11.5 Å². The van der Waals surface area contributed by atoms with E-state index < -0.39 is 5.91 Å². The Kier molecular flexibility index (Phi) is 3.66. The topological polar surface area (TPSA) is 94.0 Å². The fourth-order valence-corrected chi connectivity index (χ4v) is 1.67. The number of nitrogens with zero attached hydrogens (tertiary/aromatic N) is 1. The first-order valence-corrected chi connectivity index (χ1v) is 6.02. The van der Waals surface area contributed by atoms with Crippen molar-refractivity contribution in [2.24, 2.45) is 5.73 Å². The molecule has 0 unspecified atom stereocenters. The average Bonchev–Trinajstić information content (AvgIpc) is 2.42. The van der Waals surface area contributed by atoms with Crippen LogP contribution in [0.5, 0.6) is 0 Å². The van der Waals surface area contributed by atoms with E-state index in [-0.39, 0.29) is 5.69 Å². The Labute approximate surface area is 111 Å². The minimum atomic E-state index is -0.579. The molecule has 5 N–H and O–H groups in total. The maximum Gasteiger partial charge on any atom is 0.267 e. The lowest BCUT2D eigenvalue weighted by molar-refractivity contribution is 0.0996. The minimum absolute atomic E-state index is 0.182. The number of benzene rings is 1. The molecule has 0 atom stereocenters. The molecule has 0 fully saturated rings. The van der Waals surface area contributed by atoms with Crippen molar-refractivity contribution in [1.29, 1.82) is 0 Å². The summed E-state index contributed by atoms with van der Waals surface area (Å²) in [7, 11) is 0. The average molecular weight is 256 g/mol. The summed E-state index contributed by atoms with van der Waals surface area (Å²) in [5.41, 5.74) is 13.8. The van der Waals surface area contributed by atoms with Crippen molar-refractivity contribution in [1.82, 2.24) is 4.98 Å². The summed E-state index contributed by atoms with van der Waals surface area (Å²) in [6.45, 7) is 2.10. The van der Waals surface area contributed by atoms with Crippen LogP contribution in [0.4, 0.5) is 17.2 Å². The SMILES string of the molecule is CCc1ccc(Nc2nc(C(N)=O)ccc2N)cc1. The highest BCUT2D eigenvalue weighted by atomic mass is 16.1. The third-order valence-corrected chi connectivity index (χ3v) is 2.80. The van der Waals surface area contributed by atoms with Crippen LogP contribution in [-0.4, -0.2) is 10.9 Å². The molecule has 2 aromatic rings. The lowest BCUT2D eigenvalue weighted by atomic mass is 10.1. The van der Waals surface area contributed by atoms with Gasteiger partial charge in [-0.25, -0.2) is 4.98 Å². The molecule has 1 amide bonds. The van der Waals surface area contributed by atoms with E-state index in [0.717, 1.165) is 12.1 Å². The summed E-state index contributed by atoms with van der Waals surface area (Å²) in [5.74, 6) is -0.148. The zero-order chi connectivity index (χ0) is 13.8. The number of carbonyl (C=O) groups is 1. The van der Waals surface area contributed by atoms with Gasteiger partial charge in [-0.2, -0.15) is 0 Å². The maximum absolute atomic E-state index is 11.1. The first-order chi connectivity index (χ1) is 9.10. The van der Waals surface area contributed by atoms with Crippen LogP contribution in [0.2, 0.25) is 0 Å². The first kappa shape index (κ1) is 12.9. The number of rotatable bonds is 4. The molecule has 19 heavy (non-hydrogen) atoms. The molecular weight excluding hydrogens is 240 g/mol. The van der Waals surface area contributed by atoms with Crippen molar-refractivity contribution in [3.8, 4) is 0 Å². The summed E-state index contributed by atoms with van der Waals surface area (Å²) in [4.78, 5) is 15.2. The van der Waals surface area contributed by atoms with E-state index in [4.69, 9.17) is 11.5 Å². The number of carbonyl (C=O) groups excluding carboxylic acids is 1. The quantitative estimate of drug-likeness (QED) is 0.780. The van der Waals surface area contributed by atoms with E-state index >= 15 is 0 Å². The number of amides is 1. The predicted octanol–water partition coefficient (Wildman–Crippen LogP) is 2.07. The molecule has 0 aliphatic carbocycles. The number of hydrogen-bond acceptors (Lipinski definition) is 4.